The van der Waals surface area contributed by atoms with Crippen molar-refractivity contribution in [2.75, 3.05) is 6.61 Å². The van der Waals surface area contributed by atoms with Crippen LogP contribution in [-0.4, -0.2) is 94.9 Å². The summed E-state index contributed by atoms with van der Waals surface area (Å²) >= 11 is 0. The fraction of sp³-hybridized carbons (Fsp3) is 0.514. The zero-order chi connectivity index (χ0) is 37.5. The Kier molecular flexibility index (Phi) is 10.1. The highest BCUT2D eigenvalue weighted by molar-refractivity contribution is 5.90. The molecule has 3 aliphatic rings. The molecule has 0 radical (unpaired) electrons. The highest BCUT2D eigenvalue weighted by Gasteiger charge is 2.89. The van der Waals surface area contributed by atoms with Gasteiger partial charge in [-0.2, -0.15) is 0 Å². The second-order valence-electron chi connectivity index (χ2n) is 13.9. The van der Waals surface area contributed by atoms with Gasteiger partial charge < -0.3 is 38.3 Å². The first-order valence-corrected chi connectivity index (χ1v) is 16.5. The molecule has 51 heavy (non-hydrogen) atoms. The molecule has 1 saturated heterocycles. The fourth-order valence-corrected chi connectivity index (χ4v) is 8.39. The van der Waals surface area contributed by atoms with Crippen molar-refractivity contribution in [3.63, 3.8) is 0 Å². The van der Waals surface area contributed by atoms with Crippen LogP contribution in [0.1, 0.15) is 75.6 Å². The molecule has 9 atom stereocenters. The van der Waals surface area contributed by atoms with Gasteiger partial charge in [0.15, 0.2) is 17.8 Å². The molecular formula is C37H42O14. The van der Waals surface area contributed by atoms with E-state index in [1.165, 1.54) is 31.2 Å². The van der Waals surface area contributed by atoms with Gasteiger partial charge in [0.05, 0.1) is 28.2 Å². The third-order valence-electron chi connectivity index (χ3n) is 9.96. The summed E-state index contributed by atoms with van der Waals surface area (Å²) < 4.78 is 42.9. The highest BCUT2D eigenvalue weighted by Crippen LogP contribution is 2.69. The van der Waals surface area contributed by atoms with E-state index in [9.17, 15) is 33.9 Å². The van der Waals surface area contributed by atoms with E-state index < -0.39 is 107 Å². The average Bonchev–Trinajstić information content (AvgIpc) is 3.24. The quantitative estimate of drug-likeness (QED) is 0.295. The number of benzene rings is 2. The molecule has 274 valence electrons. The first kappa shape index (κ1) is 37.4. The van der Waals surface area contributed by atoms with Gasteiger partial charge in [0, 0.05) is 34.1 Å². The van der Waals surface area contributed by atoms with Crippen molar-refractivity contribution in [1.82, 2.24) is 0 Å². The van der Waals surface area contributed by atoms with E-state index in [4.69, 9.17) is 33.2 Å². The molecule has 2 aliphatic carbocycles. The molecule has 2 aromatic carbocycles. The Hall–Kier alpha value is -4.82. The van der Waals surface area contributed by atoms with Gasteiger partial charge in [-0.3, -0.25) is 19.2 Å². The van der Waals surface area contributed by atoms with Crippen LogP contribution in [0.2, 0.25) is 0 Å². The van der Waals surface area contributed by atoms with Gasteiger partial charge in [-0.1, -0.05) is 36.4 Å². The molecule has 14 nitrogen and oxygen atoms in total. The van der Waals surface area contributed by atoms with Gasteiger partial charge in [-0.15, -0.1) is 0 Å². The van der Waals surface area contributed by atoms with Crippen molar-refractivity contribution in [2.24, 2.45) is 11.3 Å². The highest BCUT2D eigenvalue weighted by atomic mass is 16.7. The van der Waals surface area contributed by atoms with E-state index in [0.717, 1.165) is 27.7 Å². The Morgan fingerprint density at radius 3 is 1.65 bits per heavy atom. The summed E-state index contributed by atoms with van der Waals surface area (Å²) in [6.07, 6.45) is -8.55. The zero-order valence-corrected chi connectivity index (χ0v) is 29.4. The lowest BCUT2D eigenvalue weighted by Gasteiger charge is -2.66. The number of carbonyl (C=O) groups is 6. The van der Waals surface area contributed by atoms with Crippen LogP contribution in [-0.2, 0) is 52.3 Å². The standard InChI is InChI=1S/C37H42O14/c1-20(38)45-19-36-29(47-22(3)40)26(46-21(2)39)18-35(7,44)37(36)30(48-23(4)41)27(34(5,6)51-37)28(49-32(42)24-14-10-8-11-15-24)31(36)50-33(43)25-16-12-9-13-17-25/h8-17,26-31,44H,18-19H2,1-7H3/t26-,27+,28-,29-,30+,31-,35+,36-,37-/m0/s1. The van der Waals surface area contributed by atoms with Gasteiger partial charge >= 0.3 is 35.8 Å². The molecule has 0 amide bonds. The molecule has 3 fully saturated rings. The van der Waals surface area contributed by atoms with Crippen LogP contribution in [0.4, 0.5) is 0 Å². The maximum Gasteiger partial charge on any atom is 0.338 e. The predicted octanol–water partition coefficient (Wildman–Crippen LogP) is 3.11. The second kappa shape index (κ2) is 13.7. The van der Waals surface area contributed by atoms with Crippen LogP contribution in [0.3, 0.4) is 0 Å². The summed E-state index contributed by atoms with van der Waals surface area (Å²) in [6, 6.07) is 15.7. The van der Waals surface area contributed by atoms with Crippen LogP contribution in [0.25, 0.3) is 0 Å². The molecule has 1 N–H and O–H groups in total. The first-order chi connectivity index (χ1) is 23.9. The van der Waals surface area contributed by atoms with Gasteiger partial charge in [-0.25, -0.2) is 9.59 Å². The van der Waals surface area contributed by atoms with E-state index in [-0.39, 0.29) is 11.1 Å². The topological polar surface area (TPSA) is 187 Å². The summed E-state index contributed by atoms with van der Waals surface area (Å²) in [6.45, 7) is 8.15. The van der Waals surface area contributed by atoms with Gasteiger partial charge in [-0.05, 0) is 45.0 Å². The molecule has 0 aromatic heterocycles. The minimum atomic E-state index is -2.30. The maximum absolute atomic E-state index is 14.1. The molecule has 1 aliphatic heterocycles. The van der Waals surface area contributed by atoms with E-state index in [2.05, 4.69) is 0 Å². The normalized spacial score (nSPS) is 33.1. The summed E-state index contributed by atoms with van der Waals surface area (Å²) in [5, 5.41) is 12.7. The zero-order valence-electron chi connectivity index (χ0n) is 29.4. The molecule has 2 saturated carbocycles. The monoisotopic (exact) mass is 710 g/mol. The summed E-state index contributed by atoms with van der Waals surface area (Å²) in [4.78, 5) is 79.3. The van der Waals surface area contributed by atoms with Crippen molar-refractivity contribution in [2.45, 2.75) is 102 Å². The van der Waals surface area contributed by atoms with Crippen LogP contribution >= 0.6 is 0 Å². The lowest BCUT2D eigenvalue weighted by Crippen LogP contribution is -2.85. The number of esters is 6. The molecule has 14 heteroatoms. The number of aliphatic hydroxyl groups is 1. The van der Waals surface area contributed by atoms with Gasteiger partial charge in [0.25, 0.3) is 0 Å². The smallest absolute Gasteiger partial charge is 0.338 e. The third kappa shape index (κ3) is 6.46. The lowest BCUT2D eigenvalue weighted by molar-refractivity contribution is -0.362. The molecule has 2 bridgehead atoms. The number of hydrogen-bond donors (Lipinski definition) is 1. The summed E-state index contributed by atoms with van der Waals surface area (Å²) in [5.74, 6) is -6.35. The Balaban J connectivity index is 1.90. The van der Waals surface area contributed by atoms with Crippen molar-refractivity contribution < 1.29 is 67.0 Å². The van der Waals surface area contributed by atoms with Crippen LogP contribution in [0.15, 0.2) is 60.7 Å². The van der Waals surface area contributed by atoms with E-state index in [0.29, 0.717) is 0 Å². The maximum atomic E-state index is 14.1. The van der Waals surface area contributed by atoms with Crippen LogP contribution in [0, 0.1) is 11.3 Å². The number of hydrogen-bond acceptors (Lipinski definition) is 14. The Morgan fingerprint density at radius 1 is 0.667 bits per heavy atom. The summed E-state index contributed by atoms with van der Waals surface area (Å²) in [5.41, 5.74) is -8.01. The third-order valence-corrected chi connectivity index (χ3v) is 9.96. The van der Waals surface area contributed by atoms with E-state index >= 15 is 0 Å². The van der Waals surface area contributed by atoms with Crippen LogP contribution in [0.5, 0.6) is 0 Å². The Morgan fingerprint density at radius 2 is 1.16 bits per heavy atom. The second-order valence-corrected chi connectivity index (χ2v) is 13.9. The number of ether oxygens (including phenoxy) is 7. The number of carbonyl (C=O) groups excluding carboxylic acids is 6. The van der Waals surface area contributed by atoms with E-state index in [1.54, 1.807) is 50.2 Å². The SMILES string of the molecule is CC(=O)OC[C@]12[C@@H](OC(=O)c3ccccc3)[C@@H](OC(=O)c3ccccc3)[C@@H]3[C@@H](OC(C)=O)[C@]1(OC3(C)C)[C@](C)(O)C[C@H](OC(C)=O)[C@@H]2OC(C)=O. The Bertz CT molecular complexity index is 1690. The summed E-state index contributed by atoms with van der Waals surface area (Å²) in [7, 11) is 0. The van der Waals surface area contributed by atoms with Crippen molar-refractivity contribution in [3.8, 4) is 0 Å². The average molecular weight is 711 g/mol. The fourth-order valence-electron chi connectivity index (χ4n) is 8.39. The largest absolute Gasteiger partial charge is 0.465 e. The van der Waals surface area contributed by atoms with E-state index in [1.807, 2.05) is 0 Å². The van der Waals surface area contributed by atoms with Crippen molar-refractivity contribution >= 4 is 35.8 Å². The first-order valence-electron chi connectivity index (χ1n) is 16.5. The van der Waals surface area contributed by atoms with Gasteiger partial charge in [0.2, 0.25) is 0 Å². The van der Waals surface area contributed by atoms with Gasteiger partial charge in [0.1, 0.15) is 30.3 Å². The Labute approximate surface area is 294 Å². The minimum absolute atomic E-state index is 0.0695. The van der Waals surface area contributed by atoms with Crippen LogP contribution < -0.4 is 0 Å². The number of rotatable bonds is 9. The molecule has 1 spiro atoms. The molecule has 0 unspecified atom stereocenters. The predicted molar refractivity (Wildman–Crippen MR) is 174 cm³/mol. The van der Waals surface area contributed by atoms with Crippen molar-refractivity contribution in [3.05, 3.63) is 71.8 Å². The van der Waals surface area contributed by atoms with Crippen molar-refractivity contribution in [1.29, 1.82) is 0 Å². The molecule has 5 rings (SSSR count). The number of fused-ring (bicyclic) bond motifs is 1. The minimum Gasteiger partial charge on any atom is -0.465 e. The molecule has 2 aromatic rings. The molecule has 1 heterocycles. The lowest BCUT2D eigenvalue weighted by atomic mass is 9.45. The molecular weight excluding hydrogens is 668 g/mol.